The molecule has 0 bridgehead atoms. The van der Waals surface area contributed by atoms with Gasteiger partial charge in [-0.05, 0) is 37.7 Å². The average molecular weight is 329 g/mol. The number of sulfone groups is 1. The van der Waals surface area contributed by atoms with E-state index in [-0.39, 0.29) is 24.2 Å². The highest BCUT2D eigenvalue weighted by atomic mass is 32.2. The minimum Gasteiger partial charge on any atom is -0.497 e. The van der Waals surface area contributed by atoms with Gasteiger partial charge < -0.3 is 14.6 Å². The topological polar surface area (TPSA) is 76.1 Å². The molecule has 124 valence electrons. The quantitative estimate of drug-likeness (QED) is 0.787. The van der Waals surface area contributed by atoms with Gasteiger partial charge in [0, 0.05) is 12.6 Å². The molecule has 0 spiro atoms. The van der Waals surface area contributed by atoms with Crippen LogP contribution in [0.4, 0.5) is 0 Å². The number of hydrogen-bond acceptors (Lipinski definition) is 6. The van der Waals surface area contributed by atoms with Gasteiger partial charge >= 0.3 is 0 Å². The molecule has 1 aliphatic rings. The molecule has 1 heterocycles. The predicted octanol–water partition coefficient (Wildman–Crippen LogP) is 0.554. The summed E-state index contributed by atoms with van der Waals surface area (Å²) in [6.07, 6.45) is -0.0411. The lowest BCUT2D eigenvalue weighted by Crippen LogP contribution is -2.40. The summed E-state index contributed by atoms with van der Waals surface area (Å²) in [5.74, 6) is 1.82. The Morgan fingerprint density at radius 3 is 2.50 bits per heavy atom. The van der Waals surface area contributed by atoms with Crippen molar-refractivity contribution in [3.8, 4) is 11.5 Å². The van der Waals surface area contributed by atoms with Crippen LogP contribution in [0.25, 0.3) is 0 Å². The Balaban J connectivity index is 1.76. The highest BCUT2D eigenvalue weighted by Crippen LogP contribution is 2.18. The van der Waals surface area contributed by atoms with E-state index in [1.807, 2.05) is 11.9 Å². The van der Waals surface area contributed by atoms with Crippen molar-refractivity contribution in [2.24, 2.45) is 0 Å². The van der Waals surface area contributed by atoms with E-state index in [9.17, 15) is 13.5 Å². The number of hydrogen-bond donors (Lipinski definition) is 1. The van der Waals surface area contributed by atoms with E-state index in [4.69, 9.17) is 9.47 Å². The first kappa shape index (κ1) is 17.1. The van der Waals surface area contributed by atoms with Crippen LogP contribution < -0.4 is 9.47 Å². The number of nitrogens with zero attached hydrogens (tertiary/aromatic N) is 1. The van der Waals surface area contributed by atoms with Gasteiger partial charge in [-0.2, -0.15) is 0 Å². The van der Waals surface area contributed by atoms with Crippen molar-refractivity contribution in [1.82, 2.24) is 4.90 Å². The third-order valence-electron chi connectivity index (χ3n) is 3.83. The van der Waals surface area contributed by atoms with Crippen LogP contribution in [-0.2, 0) is 9.84 Å². The molecule has 2 rings (SSSR count). The Labute approximate surface area is 131 Å². The van der Waals surface area contributed by atoms with Crippen LogP contribution in [0, 0.1) is 0 Å². The molecule has 1 N–H and O–H groups in total. The number of benzene rings is 1. The maximum absolute atomic E-state index is 11.5. The van der Waals surface area contributed by atoms with E-state index in [0.717, 1.165) is 5.75 Å². The van der Waals surface area contributed by atoms with Crippen molar-refractivity contribution >= 4 is 9.84 Å². The maximum Gasteiger partial charge on any atom is 0.151 e. The first-order chi connectivity index (χ1) is 10.4. The number of likely N-dealkylation sites (N-methyl/N-ethyl adjacent to an activating group) is 1. The summed E-state index contributed by atoms with van der Waals surface area (Å²) >= 11 is 0. The lowest BCUT2D eigenvalue weighted by molar-refractivity contribution is 0.0664. The van der Waals surface area contributed by atoms with Gasteiger partial charge in [0.2, 0.25) is 0 Å². The monoisotopic (exact) mass is 329 g/mol. The molecular weight excluding hydrogens is 306 g/mol. The van der Waals surface area contributed by atoms with Crippen molar-refractivity contribution in [2.75, 3.05) is 38.8 Å². The Bertz CT molecular complexity index is 572. The van der Waals surface area contributed by atoms with Crippen LogP contribution in [0.3, 0.4) is 0 Å². The summed E-state index contributed by atoms with van der Waals surface area (Å²) in [5, 5.41) is 10.0. The van der Waals surface area contributed by atoms with Crippen molar-refractivity contribution in [3.63, 3.8) is 0 Å². The van der Waals surface area contributed by atoms with E-state index in [1.54, 1.807) is 31.4 Å². The molecule has 0 saturated carbocycles. The van der Waals surface area contributed by atoms with Crippen LogP contribution in [-0.4, -0.2) is 69.4 Å². The van der Waals surface area contributed by atoms with Crippen molar-refractivity contribution in [3.05, 3.63) is 24.3 Å². The summed E-state index contributed by atoms with van der Waals surface area (Å²) in [6.45, 7) is 0.548. The number of aliphatic hydroxyl groups excluding tert-OH is 1. The summed E-state index contributed by atoms with van der Waals surface area (Å²) < 4.78 is 33.5. The van der Waals surface area contributed by atoms with Crippen molar-refractivity contribution < 1.29 is 23.0 Å². The van der Waals surface area contributed by atoms with Gasteiger partial charge in [0.05, 0.1) is 18.6 Å². The summed E-state index contributed by atoms with van der Waals surface area (Å²) in [5.41, 5.74) is 0. The number of ether oxygens (including phenoxy) is 2. The van der Waals surface area contributed by atoms with Gasteiger partial charge in [-0.25, -0.2) is 8.42 Å². The Hall–Kier alpha value is -1.31. The fraction of sp³-hybridized carbons (Fsp3) is 0.600. The van der Waals surface area contributed by atoms with Crippen LogP contribution in [0.2, 0.25) is 0 Å². The molecule has 22 heavy (non-hydrogen) atoms. The fourth-order valence-corrected chi connectivity index (χ4v) is 4.33. The smallest absolute Gasteiger partial charge is 0.151 e. The van der Waals surface area contributed by atoms with Crippen LogP contribution >= 0.6 is 0 Å². The summed E-state index contributed by atoms with van der Waals surface area (Å²) in [6, 6.07) is 7.12. The second kappa shape index (κ2) is 7.30. The zero-order valence-corrected chi connectivity index (χ0v) is 13.8. The highest BCUT2D eigenvalue weighted by molar-refractivity contribution is 7.91. The molecule has 1 aliphatic heterocycles. The second-order valence-corrected chi connectivity index (χ2v) is 7.87. The van der Waals surface area contributed by atoms with Gasteiger partial charge in [0.25, 0.3) is 0 Å². The van der Waals surface area contributed by atoms with Gasteiger partial charge in [0.1, 0.15) is 24.2 Å². The average Bonchev–Trinajstić information content (AvgIpc) is 2.86. The molecule has 1 aromatic carbocycles. The van der Waals surface area contributed by atoms with Crippen molar-refractivity contribution in [1.29, 1.82) is 0 Å². The third kappa shape index (κ3) is 4.86. The van der Waals surface area contributed by atoms with Gasteiger partial charge in [0.15, 0.2) is 9.84 Å². The fourth-order valence-electron chi connectivity index (χ4n) is 2.52. The lowest BCUT2D eigenvalue weighted by Gasteiger charge is -2.25. The molecule has 1 fully saturated rings. The summed E-state index contributed by atoms with van der Waals surface area (Å²) in [7, 11) is 0.527. The van der Waals surface area contributed by atoms with Gasteiger partial charge in [-0.3, -0.25) is 4.90 Å². The van der Waals surface area contributed by atoms with E-state index >= 15 is 0 Å². The molecule has 1 aromatic rings. The van der Waals surface area contributed by atoms with E-state index in [2.05, 4.69) is 0 Å². The number of rotatable bonds is 7. The first-order valence-electron chi connectivity index (χ1n) is 7.25. The minimum atomic E-state index is -2.90. The van der Waals surface area contributed by atoms with E-state index in [0.29, 0.717) is 18.7 Å². The van der Waals surface area contributed by atoms with Gasteiger partial charge in [-0.15, -0.1) is 0 Å². The Morgan fingerprint density at radius 1 is 1.32 bits per heavy atom. The highest BCUT2D eigenvalue weighted by Gasteiger charge is 2.31. The predicted molar refractivity (Wildman–Crippen MR) is 84.2 cm³/mol. The molecule has 6 nitrogen and oxygen atoms in total. The van der Waals surface area contributed by atoms with Crippen LogP contribution in [0.15, 0.2) is 24.3 Å². The SMILES string of the molecule is COc1ccc(OCC(O)CN(C)C2CCS(=O)(=O)C2)cc1. The molecular formula is C15H23NO5S. The second-order valence-electron chi connectivity index (χ2n) is 5.64. The van der Waals surface area contributed by atoms with Crippen LogP contribution in [0.5, 0.6) is 11.5 Å². The summed E-state index contributed by atoms with van der Waals surface area (Å²) in [4.78, 5) is 1.90. The number of aliphatic hydroxyl groups is 1. The molecule has 7 heteroatoms. The Kier molecular flexibility index (Phi) is 5.66. The van der Waals surface area contributed by atoms with Gasteiger partial charge in [-0.1, -0.05) is 0 Å². The standard InChI is InChI=1S/C15H23NO5S/c1-16(12-7-8-22(18,19)11-12)9-13(17)10-21-15-5-3-14(20-2)4-6-15/h3-6,12-13,17H,7-11H2,1-2H3. The molecule has 0 aromatic heterocycles. The maximum atomic E-state index is 11.5. The molecule has 0 radical (unpaired) electrons. The first-order valence-corrected chi connectivity index (χ1v) is 9.07. The van der Waals surface area contributed by atoms with E-state index in [1.165, 1.54) is 0 Å². The molecule has 2 atom stereocenters. The van der Waals surface area contributed by atoms with Crippen molar-refractivity contribution in [2.45, 2.75) is 18.6 Å². The molecule has 2 unspecified atom stereocenters. The zero-order chi connectivity index (χ0) is 16.2. The third-order valence-corrected chi connectivity index (χ3v) is 5.58. The number of methoxy groups -OCH3 is 1. The zero-order valence-electron chi connectivity index (χ0n) is 12.9. The molecule has 0 amide bonds. The normalized spacial score (nSPS) is 21.7. The van der Waals surface area contributed by atoms with Crippen LogP contribution in [0.1, 0.15) is 6.42 Å². The lowest BCUT2D eigenvalue weighted by atomic mass is 10.2. The largest absolute Gasteiger partial charge is 0.497 e. The van der Waals surface area contributed by atoms with E-state index < -0.39 is 15.9 Å². The minimum absolute atomic E-state index is 0.0133. The Morgan fingerprint density at radius 2 is 1.95 bits per heavy atom. The molecule has 0 aliphatic carbocycles. The molecule has 1 saturated heterocycles.